The Bertz CT molecular complexity index is 1510. The molecule has 2 rings (SSSR count). The molecule has 0 aliphatic carbocycles. The van der Waals surface area contributed by atoms with E-state index >= 15 is 0 Å². The second kappa shape index (κ2) is 22.1. The number of thioether (sulfide) groups is 1. The lowest BCUT2D eigenvalue weighted by molar-refractivity contribution is -0.135. The molecule has 15 nitrogen and oxygen atoms in total. The Kier molecular flexibility index (Phi) is 18.3. The van der Waals surface area contributed by atoms with Crippen LogP contribution in [0.4, 0.5) is 4.79 Å². The molecule has 0 saturated carbocycles. The number of urea groups is 1. The first-order chi connectivity index (χ1) is 24.6. The smallest absolute Gasteiger partial charge is 0.324 e. The Morgan fingerprint density at radius 2 is 1.19 bits per heavy atom. The number of hydrogen-bond acceptors (Lipinski definition) is 9. The fourth-order valence-corrected chi connectivity index (χ4v) is 5.64. The van der Waals surface area contributed by atoms with Crippen LogP contribution >= 0.6 is 11.8 Å². The minimum atomic E-state index is -1.28. The average molecular weight is 741 g/mol. The molecule has 16 heteroatoms. The molecule has 10 N–H and O–H groups in total. The van der Waals surface area contributed by atoms with E-state index in [0.29, 0.717) is 23.3 Å². The van der Waals surface area contributed by atoms with Gasteiger partial charge in [0.1, 0.15) is 24.2 Å². The third kappa shape index (κ3) is 15.1. The summed E-state index contributed by atoms with van der Waals surface area (Å²) < 4.78 is 0. The Morgan fingerprint density at radius 1 is 0.692 bits per heavy atom. The Balaban J connectivity index is 2.34. The number of nitrogens with one attached hydrogen (secondary N) is 4. The number of rotatable bonds is 21. The van der Waals surface area contributed by atoms with Crippen molar-refractivity contribution in [3.05, 3.63) is 71.8 Å². The highest BCUT2D eigenvalue weighted by Gasteiger charge is 2.34. The molecule has 2 aromatic carbocycles. The fourth-order valence-electron chi connectivity index (χ4n) is 5.17. The predicted octanol–water partition coefficient (Wildman–Crippen LogP) is 0.340. The number of amides is 8. The molecule has 284 valence electrons. The zero-order chi connectivity index (χ0) is 38.8. The summed E-state index contributed by atoms with van der Waals surface area (Å²) in [6.07, 6.45) is 2.21. The first kappa shape index (κ1) is 43.2. The van der Waals surface area contributed by atoms with Crippen molar-refractivity contribution in [1.29, 1.82) is 0 Å². The molecule has 0 aromatic heterocycles. The van der Waals surface area contributed by atoms with Gasteiger partial charge >= 0.3 is 6.03 Å². The maximum absolute atomic E-state index is 14.0. The van der Waals surface area contributed by atoms with Crippen molar-refractivity contribution in [2.75, 3.05) is 19.1 Å². The topological polar surface area (TPSA) is 249 Å². The second-order valence-corrected chi connectivity index (χ2v) is 13.9. The monoisotopic (exact) mass is 740 g/mol. The van der Waals surface area contributed by atoms with Gasteiger partial charge in [0.2, 0.25) is 29.5 Å². The first-order valence-electron chi connectivity index (χ1n) is 17.0. The van der Waals surface area contributed by atoms with E-state index in [0.717, 1.165) is 4.90 Å². The molecule has 0 saturated heterocycles. The number of nitrogens with two attached hydrogens (primary N) is 3. The van der Waals surface area contributed by atoms with Crippen LogP contribution in [0.15, 0.2) is 60.7 Å². The SMILES string of the molecule is CSCC[C@H](NC(=O)[C@H](CC(C)C)NC(=O)N(C)C(=O)[C@H](Cc1ccccc1)NC(=O)C(Cc1ccccc1)NC(=O)[C@@H](N)CCC(N)=O)C(N)=O. The Morgan fingerprint density at radius 3 is 1.69 bits per heavy atom. The van der Waals surface area contributed by atoms with Gasteiger partial charge < -0.3 is 38.5 Å². The third-order valence-corrected chi connectivity index (χ3v) is 8.72. The van der Waals surface area contributed by atoms with E-state index in [1.54, 1.807) is 60.7 Å². The quantitative estimate of drug-likeness (QED) is 0.0931. The van der Waals surface area contributed by atoms with Gasteiger partial charge in [0.25, 0.3) is 5.91 Å². The molecule has 0 heterocycles. The maximum atomic E-state index is 14.0. The van der Waals surface area contributed by atoms with Crippen LogP contribution < -0.4 is 38.5 Å². The highest BCUT2D eigenvalue weighted by atomic mass is 32.2. The van der Waals surface area contributed by atoms with Crippen molar-refractivity contribution in [3.8, 4) is 0 Å². The van der Waals surface area contributed by atoms with Gasteiger partial charge in [0.15, 0.2) is 0 Å². The highest BCUT2D eigenvalue weighted by molar-refractivity contribution is 7.98. The summed E-state index contributed by atoms with van der Waals surface area (Å²) >= 11 is 1.48. The van der Waals surface area contributed by atoms with Crippen molar-refractivity contribution < 1.29 is 33.6 Å². The summed E-state index contributed by atoms with van der Waals surface area (Å²) in [5.41, 5.74) is 18.1. The molecule has 0 spiro atoms. The second-order valence-electron chi connectivity index (χ2n) is 12.9. The summed E-state index contributed by atoms with van der Waals surface area (Å²) in [7, 11) is 1.22. The van der Waals surface area contributed by atoms with Crippen molar-refractivity contribution in [2.24, 2.45) is 23.1 Å². The minimum absolute atomic E-state index is 0.0151. The van der Waals surface area contributed by atoms with Crippen LogP contribution in [0, 0.1) is 5.92 Å². The molecule has 52 heavy (non-hydrogen) atoms. The van der Waals surface area contributed by atoms with E-state index in [9.17, 15) is 33.6 Å². The summed E-state index contributed by atoms with van der Waals surface area (Å²) in [6.45, 7) is 3.70. The van der Waals surface area contributed by atoms with Gasteiger partial charge in [-0.15, -0.1) is 0 Å². The molecule has 0 fully saturated rings. The van der Waals surface area contributed by atoms with Gasteiger partial charge in [-0.2, -0.15) is 11.8 Å². The largest absolute Gasteiger partial charge is 0.370 e. The molecule has 0 radical (unpaired) electrons. The van der Waals surface area contributed by atoms with Crippen LogP contribution in [0.25, 0.3) is 0 Å². The van der Waals surface area contributed by atoms with Gasteiger partial charge in [0, 0.05) is 26.3 Å². The molecule has 0 bridgehead atoms. The van der Waals surface area contributed by atoms with E-state index < -0.39 is 71.7 Å². The van der Waals surface area contributed by atoms with Gasteiger partial charge in [-0.05, 0) is 48.3 Å². The van der Waals surface area contributed by atoms with Crippen LogP contribution in [0.5, 0.6) is 0 Å². The number of carbonyl (C=O) groups excluding carboxylic acids is 7. The predicted molar refractivity (Wildman–Crippen MR) is 199 cm³/mol. The number of carbonyl (C=O) groups is 7. The third-order valence-electron chi connectivity index (χ3n) is 8.08. The first-order valence-corrected chi connectivity index (χ1v) is 18.4. The van der Waals surface area contributed by atoms with E-state index in [2.05, 4.69) is 21.3 Å². The van der Waals surface area contributed by atoms with Crippen molar-refractivity contribution in [1.82, 2.24) is 26.2 Å². The lowest BCUT2D eigenvalue weighted by atomic mass is 10.0. The summed E-state index contributed by atoms with van der Waals surface area (Å²) in [5, 5.41) is 10.5. The van der Waals surface area contributed by atoms with Crippen LogP contribution in [0.3, 0.4) is 0 Å². The zero-order valence-corrected chi connectivity index (χ0v) is 30.9. The highest BCUT2D eigenvalue weighted by Crippen LogP contribution is 2.11. The van der Waals surface area contributed by atoms with E-state index in [4.69, 9.17) is 17.2 Å². The van der Waals surface area contributed by atoms with Crippen molar-refractivity contribution in [3.63, 3.8) is 0 Å². The number of hydrogen-bond donors (Lipinski definition) is 7. The van der Waals surface area contributed by atoms with Gasteiger partial charge in [-0.3, -0.25) is 33.7 Å². The molecule has 5 atom stereocenters. The van der Waals surface area contributed by atoms with Crippen LogP contribution in [-0.4, -0.2) is 95.6 Å². The van der Waals surface area contributed by atoms with E-state index in [1.807, 2.05) is 20.1 Å². The van der Waals surface area contributed by atoms with Crippen molar-refractivity contribution in [2.45, 2.75) is 82.6 Å². The molecular weight excluding hydrogens is 689 g/mol. The van der Waals surface area contributed by atoms with Crippen LogP contribution in [0.2, 0.25) is 0 Å². The van der Waals surface area contributed by atoms with E-state index in [-0.39, 0.29) is 38.0 Å². The standard InChI is InChI=1S/C36H52N8O7S/c1-22(2)19-27(33(48)40-26(31(39)46)17-18-52-4)43-36(51)44(3)35(50)29(21-24-13-9-6-10-14-24)42-34(49)28(20-23-11-7-5-8-12-23)41-32(47)25(37)15-16-30(38)45/h5-14,22,25-29H,15-21,37H2,1-4H3,(H2,38,45)(H2,39,46)(H,40,48)(H,41,47)(H,42,49)(H,43,51)/t25-,26-,27-,28?,29-/m0/s1. The average Bonchev–Trinajstić information content (AvgIpc) is 3.11. The molecule has 1 unspecified atom stereocenters. The Labute approximate surface area is 308 Å². The normalized spacial score (nSPS) is 13.8. The van der Waals surface area contributed by atoms with Crippen LogP contribution in [-0.2, 0) is 41.6 Å². The number of likely N-dealkylation sites (N-methyl/N-ethyl adjacent to an activating group) is 1. The van der Waals surface area contributed by atoms with Gasteiger partial charge in [0.05, 0.1) is 6.04 Å². The number of imide groups is 1. The molecule has 0 aliphatic rings. The lowest BCUT2D eigenvalue weighted by Crippen LogP contribution is -2.59. The van der Waals surface area contributed by atoms with Gasteiger partial charge in [-0.1, -0.05) is 74.5 Å². The van der Waals surface area contributed by atoms with Gasteiger partial charge in [-0.25, -0.2) is 4.79 Å². The zero-order valence-electron chi connectivity index (χ0n) is 30.1. The lowest BCUT2D eigenvalue weighted by Gasteiger charge is -2.28. The maximum Gasteiger partial charge on any atom is 0.324 e. The summed E-state index contributed by atoms with van der Waals surface area (Å²) in [4.78, 5) is 91.7. The summed E-state index contributed by atoms with van der Waals surface area (Å²) in [6, 6.07) is 11.1. The van der Waals surface area contributed by atoms with Crippen LogP contribution in [0.1, 0.15) is 50.7 Å². The number of nitrogens with zero attached hydrogens (tertiary/aromatic N) is 1. The van der Waals surface area contributed by atoms with Crippen molar-refractivity contribution >= 4 is 53.2 Å². The molecule has 0 aliphatic heterocycles. The molecular formula is C36H52N8O7S. The number of primary amides is 2. The Hall–Kier alpha value is -4.96. The molecule has 2 aromatic rings. The minimum Gasteiger partial charge on any atom is -0.370 e. The fraction of sp³-hybridized carbons (Fsp3) is 0.472. The molecule has 8 amide bonds. The number of benzene rings is 2. The van der Waals surface area contributed by atoms with E-state index in [1.165, 1.54) is 18.8 Å². The summed E-state index contributed by atoms with van der Waals surface area (Å²) in [5.74, 6) is -3.66.